The summed E-state index contributed by atoms with van der Waals surface area (Å²) >= 11 is 0. The smallest absolute Gasteiger partial charge is 0.305 e. The number of amides is 1. The fourth-order valence-corrected chi connectivity index (χ4v) is 1.85. The number of hydrogen-bond acceptors (Lipinski definition) is 3. The maximum atomic E-state index is 12.4. The molecular weight excluding hydrogens is 258 g/mol. The predicted octanol–water partition coefficient (Wildman–Crippen LogP) is 2.11. The van der Waals surface area contributed by atoms with Gasteiger partial charge in [0.2, 0.25) is 0 Å². The van der Waals surface area contributed by atoms with Crippen LogP contribution in [-0.4, -0.2) is 45.2 Å². The van der Waals surface area contributed by atoms with E-state index in [1.807, 2.05) is 27.7 Å². The number of H-pyrrole nitrogens is 1. The number of aromatic nitrogens is 2. The Labute approximate surface area is 119 Å². The molecule has 112 valence electrons. The van der Waals surface area contributed by atoms with Crippen LogP contribution in [0.1, 0.15) is 56.2 Å². The Morgan fingerprint density at radius 1 is 1.35 bits per heavy atom. The zero-order chi connectivity index (χ0) is 15.3. The van der Waals surface area contributed by atoms with Crippen molar-refractivity contribution >= 4 is 11.9 Å². The summed E-state index contributed by atoms with van der Waals surface area (Å²) < 4.78 is 0. The molecule has 0 fully saturated rings. The number of carbonyl (C=O) groups excluding carboxylic acids is 1. The van der Waals surface area contributed by atoms with Crippen molar-refractivity contribution in [3.63, 3.8) is 0 Å². The van der Waals surface area contributed by atoms with E-state index in [0.717, 1.165) is 5.69 Å². The minimum atomic E-state index is -0.906. The number of nitrogens with zero attached hydrogens (tertiary/aromatic N) is 2. The van der Waals surface area contributed by atoms with Crippen molar-refractivity contribution in [3.8, 4) is 0 Å². The van der Waals surface area contributed by atoms with Gasteiger partial charge in [-0.15, -0.1) is 0 Å². The number of aromatic amines is 1. The van der Waals surface area contributed by atoms with Gasteiger partial charge in [-0.05, 0) is 17.9 Å². The highest BCUT2D eigenvalue weighted by molar-refractivity contribution is 5.92. The molecule has 1 heterocycles. The molecule has 1 amide bonds. The molecule has 6 heteroatoms. The molecule has 0 aliphatic rings. The average molecular weight is 281 g/mol. The Hall–Kier alpha value is -1.85. The van der Waals surface area contributed by atoms with Crippen LogP contribution in [0.5, 0.6) is 0 Å². The maximum Gasteiger partial charge on any atom is 0.305 e. The largest absolute Gasteiger partial charge is 0.481 e. The van der Waals surface area contributed by atoms with Crippen LogP contribution in [0.3, 0.4) is 0 Å². The first-order valence-electron chi connectivity index (χ1n) is 6.87. The van der Waals surface area contributed by atoms with Gasteiger partial charge in [-0.3, -0.25) is 14.7 Å². The number of rotatable bonds is 7. The third kappa shape index (κ3) is 4.68. The lowest BCUT2D eigenvalue weighted by atomic mass is 10.1. The Morgan fingerprint density at radius 2 is 2.00 bits per heavy atom. The number of nitrogens with one attached hydrogen (secondary N) is 1. The number of carbonyl (C=O) groups is 2. The summed E-state index contributed by atoms with van der Waals surface area (Å²) in [4.78, 5) is 24.6. The highest BCUT2D eigenvalue weighted by Gasteiger charge is 2.20. The lowest BCUT2D eigenvalue weighted by molar-refractivity contribution is -0.137. The molecule has 0 atom stereocenters. The first-order valence-corrected chi connectivity index (χ1v) is 6.87. The van der Waals surface area contributed by atoms with Crippen molar-refractivity contribution in [2.45, 2.75) is 40.0 Å². The molecule has 20 heavy (non-hydrogen) atoms. The minimum absolute atomic E-state index is 0.0556. The second-order valence-electron chi connectivity index (χ2n) is 5.65. The van der Waals surface area contributed by atoms with E-state index in [2.05, 4.69) is 10.2 Å². The third-order valence-corrected chi connectivity index (χ3v) is 2.91. The van der Waals surface area contributed by atoms with Crippen LogP contribution < -0.4 is 0 Å². The summed E-state index contributed by atoms with van der Waals surface area (Å²) in [6.07, 6.45) is -0.0556. The zero-order valence-electron chi connectivity index (χ0n) is 12.5. The fourth-order valence-electron chi connectivity index (χ4n) is 1.85. The van der Waals surface area contributed by atoms with E-state index < -0.39 is 5.97 Å². The van der Waals surface area contributed by atoms with E-state index in [1.165, 1.54) is 0 Å². The van der Waals surface area contributed by atoms with Gasteiger partial charge in [-0.2, -0.15) is 5.10 Å². The van der Waals surface area contributed by atoms with E-state index in [-0.39, 0.29) is 30.7 Å². The Bertz CT molecular complexity index is 466. The highest BCUT2D eigenvalue weighted by atomic mass is 16.4. The van der Waals surface area contributed by atoms with Gasteiger partial charge in [0.05, 0.1) is 6.42 Å². The quantitative estimate of drug-likeness (QED) is 0.801. The molecular formula is C14H23N3O3. The monoisotopic (exact) mass is 281 g/mol. The number of carboxylic acid groups (broad SMARTS) is 1. The summed E-state index contributed by atoms with van der Waals surface area (Å²) in [7, 11) is 0. The predicted molar refractivity (Wildman–Crippen MR) is 75.7 cm³/mol. The summed E-state index contributed by atoms with van der Waals surface area (Å²) in [5.74, 6) is -0.586. The molecule has 0 radical (unpaired) electrons. The Balaban J connectivity index is 2.82. The van der Waals surface area contributed by atoms with Crippen LogP contribution in [-0.2, 0) is 4.79 Å². The van der Waals surface area contributed by atoms with E-state index in [4.69, 9.17) is 5.11 Å². The van der Waals surface area contributed by atoms with Crippen LogP contribution in [0.15, 0.2) is 6.07 Å². The van der Waals surface area contributed by atoms with Crippen LogP contribution in [0.2, 0.25) is 0 Å². The summed E-state index contributed by atoms with van der Waals surface area (Å²) in [6.45, 7) is 8.73. The van der Waals surface area contributed by atoms with Gasteiger partial charge in [-0.25, -0.2) is 0 Å². The molecule has 0 aliphatic heterocycles. The van der Waals surface area contributed by atoms with Crippen molar-refractivity contribution in [2.75, 3.05) is 13.1 Å². The fraction of sp³-hybridized carbons (Fsp3) is 0.643. The number of carboxylic acids is 1. The molecule has 1 aromatic rings. The van der Waals surface area contributed by atoms with Crippen molar-refractivity contribution < 1.29 is 14.7 Å². The second kappa shape index (κ2) is 7.07. The van der Waals surface area contributed by atoms with Crippen LogP contribution in [0, 0.1) is 5.92 Å². The van der Waals surface area contributed by atoms with Crippen molar-refractivity contribution in [2.24, 2.45) is 5.92 Å². The van der Waals surface area contributed by atoms with Gasteiger partial charge in [-0.1, -0.05) is 27.7 Å². The van der Waals surface area contributed by atoms with Crippen molar-refractivity contribution in [1.29, 1.82) is 0 Å². The topological polar surface area (TPSA) is 86.3 Å². The average Bonchev–Trinajstić information content (AvgIpc) is 2.82. The standard InChI is InChI=1S/C14H23N3O3/c1-9(2)8-17(6-5-13(18)19)14(20)12-7-11(10(3)4)15-16-12/h7,9-10H,5-6,8H2,1-4H3,(H,15,16)(H,18,19). The molecule has 0 bridgehead atoms. The first kappa shape index (κ1) is 16.2. The van der Waals surface area contributed by atoms with Gasteiger partial charge in [0.1, 0.15) is 5.69 Å². The van der Waals surface area contributed by atoms with Gasteiger partial charge in [0, 0.05) is 18.8 Å². The SMILES string of the molecule is CC(C)CN(CCC(=O)O)C(=O)c1cc(C(C)C)[nH]n1. The number of hydrogen-bond donors (Lipinski definition) is 2. The summed E-state index contributed by atoms with van der Waals surface area (Å²) in [6, 6.07) is 1.74. The van der Waals surface area contributed by atoms with Gasteiger partial charge >= 0.3 is 5.97 Å². The maximum absolute atomic E-state index is 12.4. The van der Waals surface area contributed by atoms with E-state index >= 15 is 0 Å². The Kier molecular flexibility index (Phi) is 5.73. The van der Waals surface area contributed by atoms with Gasteiger partial charge < -0.3 is 10.0 Å². The van der Waals surface area contributed by atoms with Crippen LogP contribution in [0.4, 0.5) is 0 Å². The van der Waals surface area contributed by atoms with E-state index in [9.17, 15) is 9.59 Å². The molecule has 0 aromatic carbocycles. The molecule has 0 spiro atoms. The summed E-state index contributed by atoms with van der Waals surface area (Å²) in [5.41, 5.74) is 1.25. The normalized spacial score (nSPS) is 11.1. The molecule has 6 nitrogen and oxygen atoms in total. The zero-order valence-corrected chi connectivity index (χ0v) is 12.5. The minimum Gasteiger partial charge on any atom is -0.481 e. The molecule has 0 saturated heterocycles. The number of aliphatic carboxylic acids is 1. The lowest BCUT2D eigenvalue weighted by Crippen LogP contribution is -2.36. The van der Waals surface area contributed by atoms with E-state index in [0.29, 0.717) is 12.2 Å². The summed E-state index contributed by atoms with van der Waals surface area (Å²) in [5, 5.41) is 15.6. The molecule has 0 unspecified atom stereocenters. The van der Waals surface area contributed by atoms with E-state index in [1.54, 1.807) is 11.0 Å². The van der Waals surface area contributed by atoms with Crippen molar-refractivity contribution in [1.82, 2.24) is 15.1 Å². The van der Waals surface area contributed by atoms with Gasteiger partial charge in [0.25, 0.3) is 5.91 Å². The molecule has 1 aromatic heterocycles. The molecule has 0 saturated carbocycles. The second-order valence-corrected chi connectivity index (χ2v) is 5.65. The van der Waals surface area contributed by atoms with Crippen LogP contribution >= 0.6 is 0 Å². The molecule has 0 aliphatic carbocycles. The first-order chi connectivity index (χ1) is 9.31. The van der Waals surface area contributed by atoms with Gasteiger partial charge in [0.15, 0.2) is 0 Å². The molecule has 1 rings (SSSR count). The lowest BCUT2D eigenvalue weighted by Gasteiger charge is -2.23. The third-order valence-electron chi connectivity index (χ3n) is 2.91. The Morgan fingerprint density at radius 3 is 2.45 bits per heavy atom. The molecule has 2 N–H and O–H groups in total. The van der Waals surface area contributed by atoms with Crippen molar-refractivity contribution in [3.05, 3.63) is 17.5 Å². The highest BCUT2D eigenvalue weighted by Crippen LogP contribution is 2.14. The van der Waals surface area contributed by atoms with Crippen LogP contribution in [0.25, 0.3) is 0 Å².